The van der Waals surface area contributed by atoms with Gasteiger partial charge in [0.1, 0.15) is 5.75 Å². The number of thioether (sulfide) groups is 2. The average molecular weight is 282 g/mol. The SMILES string of the molecule is CCOc1cccc(C(=O)C2SCCSC2C)c1. The molecule has 2 unspecified atom stereocenters. The maximum atomic E-state index is 12.5. The van der Waals surface area contributed by atoms with Crippen molar-refractivity contribution >= 4 is 29.3 Å². The number of rotatable bonds is 4. The molecule has 1 aliphatic rings. The van der Waals surface area contributed by atoms with Gasteiger partial charge in [-0.3, -0.25) is 4.79 Å². The van der Waals surface area contributed by atoms with Gasteiger partial charge in [-0.15, -0.1) is 11.8 Å². The average Bonchev–Trinajstić information content (AvgIpc) is 2.39. The second-order valence-electron chi connectivity index (χ2n) is 4.19. The van der Waals surface area contributed by atoms with Crippen LogP contribution in [0.3, 0.4) is 0 Å². The summed E-state index contributed by atoms with van der Waals surface area (Å²) in [6.07, 6.45) is 0. The highest BCUT2D eigenvalue weighted by Crippen LogP contribution is 2.33. The van der Waals surface area contributed by atoms with Crippen molar-refractivity contribution in [1.29, 1.82) is 0 Å². The lowest BCUT2D eigenvalue weighted by molar-refractivity contribution is 0.0989. The quantitative estimate of drug-likeness (QED) is 0.790. The zero-order valence-corrected chi connectivity index (χ0v) is 12.4. The molecule has 1 aromatic rings. The third-order valence-corrected chi connectivity index (χ3v) is 5.97. The molecule has 0 amide bonds. The summed E-state index contributed by atoms with van der Waals surface area (Å²) in [5.41, 5.74) is 0.771. The van der Waals surface area contributed by atoms with Crippen molar-refractivity contribution in [2.75, 3.05) is 18.1 Å². The summed E-state index contributed by atoms with van der Waals surface area (Å²) in [6.45, 7) is 4.72. The Morgan fingerprint density at radius 2 is 2.17 bits per heavy atom. The van der Waals surface area contributed by atoms with Gasteiger partial charge in [-0.1, -0.05) is 19.1 Å². The van der Waals surface area contributed by atoms with Crippen LogP contribution in [0.4, 0.5) is 0 Å². The fraction of sp³-hybridized carbons (Fsp3) is 0.500. The van der Waals surface area contributed by atoms with Crippen LogP contribution in [0.5, 0.6) is 5.75 Å². The Kier molecular flexibility index (Phi) is 5.01. The fourth-order valence-corrected chi connectivity index (χ4v) is 4.71. The summed E-state index contributed by atoms with van der Waals surface area (Å²) in [5.74, 6) is 3.23. The van der Waals surface area contributed by atoms with E-state index in [9.17, 15) is 4.79 Å². The summed E-state index contributed by atoms with van der Waals surface area (Å²) in [5, 5.41) is 0.479. The molecule has 1 aromatic carbocycles. The number of carbonyl (C=O) groups is 1. The zero-order valence-electron chi connectivity index (χ0n) is 10.7. The van der Waals surface area contributed by atoms with Gasteiger partial charge >= 0.3 is 0 Å². The Bertz CT molecular complexity index is 420. The molecule has 1 fully saturated rings. The van der Waals surface area contributed by atoms with Crippen molar-refractivity contribution in [3.63, 3.8) is 0 Å². The summed E-state index contributed by atoms with van der Waals surface area (Å²) in [7, 11) is 0. The van der Waals surface area contributed by atoms with Crippen LogP contribution in [0.25, 0.3) is 0 Å². The Morgan fingerprint density at radius 1 is 1.39 bits per heavy atom. The zero-order chi connectivity index (χ0) is 13.0. The summed E-state index contributed by atoms with van der Waals surface area (Å²) in [4.78, 5) is 12.5. The molecule has 0 spiro atoms. The van der Waals surface area contributed by atoms with E-state index in [2.05, 4.69) is 6.92 Å². The molecule has 0 aromatic heterocycles. The molecular weight excluding hydrogens is 264 g/mol. The molecule has 0 N–H and O–H groups in total. The minimum absolute atomic E-state index is 0.0839. The molecule has 0 saturated carbocycles. The summed E-state index contributed by atoms with van der Waals surface area (Å²) in [6, 6.07) is 7.53. The van der Waals surface area contributed by atoms with Crippen LogP contribution in [-0.4, -0.2) is 34.4 Å². The monoisotopic (exact) mass is 282 g/mol. The molecule has 1 saturated heterocycles. The second kappa shape index (κ2) is 6.53. The predicted molar refractivity (Wildman–Crippen MR) is 80.1 cm³/mol. The van der Waals surface area contributed by atoms with Crippen LogP contribution >= 0.6 is 23.5 Å². The van der Waals surface area contributed by atoms with Crippen molar-refractivity contribution in [3.8, 4) is 5.75 Å². The first kappa shape index (κ1) is 13.8. The lowest BCUT2D eigenvalue weighted by Gasteiger charge is -2.26. The largest absolute Gasteiger partial charge is 0.494 e. The Hall–Kier alpha value is -0.610. The first-order valence-corrected chi connectivity index (χ1v) is 8.32. The van der Waals surface area contributed by atoms with E-state index in [1.54, 1.807) is 11.8 Å². The van der Waals surface area contributed by atoms with Gasteiger partial charge < -0.3 is 4.74 Å². The van der Waals surface area contributed by atoms with E-state index < -0.39 is 0 Å². The maximum Gasteiger partial charge on any atom is 0.177 e. The van der Waals surface area contributed by atoms with Gasteiger partial charge in [0.05, 0.1) is 11.9 Å². The van der Waals surface area contributed by atoms with Gasteiger partial charge in [0.25, 0.3) is 0 Å². The molecule has 1 heterocycles. The molecule has 2 atom stereocenters. The number of Topliss-reactive ketones (excluding diaryl/α,β-unsaturated/α-hetero) is 1. The summed E-state index contributed by atoms with van der Waals surface area (Å²) >= 11 is 3.67. The number of benzene rings is 1. The Labute approximate surface area is 117 Å². The number of hydrogen-bond donors (Lipinski definition) is 0. The van der Waals surface area contributed by atoms with Crippen LogP contribution in [-0.2, 0) is 0 Å². The molecule has 0 bridgehead atoms. The number of ether oxygens (including phenoxy) is 1. The van der Waals surface area contributed by atoms with E-state index in [0.29, 0.717) is 11.9 Å². The van der Waals surface area contributed by atoms with Gasteiger partial charge in [0.15, 0.2) is 5.78 Å². The third-order valence-electron chi connectivity index (χ3n) is 2.88. The minimum Gasteiger partial charge on any atom is -0.494 e. The van der Waals surface area contributed by atoms with Gasteiger partial charge in [-0.2, -0.15) is 11.8 Å². The Balaban J connectivity index is 2.14. The highest BCUT2D eigenvalue weighted by molar-refractivity contribution is 8.07. The molecule has 2 nitrogen and oxygen atoms in total. The second-order valence-corrected chi connectivity index (χ2v) is 6.93. The normalized spacial score (nSPS) is 23.7. The fourth-order valence-electron chi connectivity index (χ4n) is 1.99. The standard InChI is InChI=1S/C14H18O2S2/c1-3-16-12-6-4-5-11(9-12)13(15)14-10(2)17-7-8-18-14/h4-6,9-10,14H,3,7-8H2,1-2H3. The van der Waals surface area contributed by atoms with E-state index >= 15 is 0 Å². The van der Waals surface area contributed by atoms with Crippen LogP contribution in [0.15, 0.2) is 24.3 Å². The van der Waals surface area contributed by atoms with E-state index in [-0.39, 0.29) is 11.0 Å². The number of carbonyl (C=O) groups excluding carboxylic acids is 1. The molecule has 98 valence electrons. The lowest BCUT2D eigenvalue weighted by Crippen LogP contribution is -2.31. The lowest BCUT2D eigenvalue weighted by atomic mass is 10.1. The van der Waals surface area contributed by atoms with Gasteiger partial charge in [-0.05, 0) is 19.1 Å². The first-order valence-electron chi connectivity index (χ1n) is 6.22. The molecule has 4 heteroatoms. The minimum atomic E-state index is 0.0839. The van der Waals surface area contributed by atoms with Gasteiger partial charge in [-0.25, -0.2) is 0 Å². The number of hydrogen-bond acceptors (Lipinski definition) is 4. The van der Waals surface area contributed by atoms with Gasteiger partial charge in [0, 0.05) is 22.3 Å². The van der Waals surface area contributed by atoms with Gasteiger partial charge in [0.2, 0.25) is 0 Å². The predicted octanol–water partition coefficient (Wildman–Crippen LogP) is 3.51. The molecule has 0 aliphatic carbocycles. The van der Waals surface area contributed by atoms with Crippen molar-refractivity contribution < 1.29 is 9.53 Å². The molecule has 2 rings (SSSR count). The van der Waals surface area contributed by atoms with E-state index in [0.717, 1.165) is 22.8 Å². The van der Waals surface area contributed by atoms with E-state index in [1.807, 2.05) is 43.0 Å². The summed E-state index contributed by atoms with van der Waals surface area (Å²) < 4.78 is 5.45. The van der Waals surface area contributed by atoms with E-state index in [1.165, 1.54) is 0 Å². The molecule has 1 aliphatic heterocycles. The van der Waals surface area contributed by atoms with Crippen LogP contribution < -0.4 is 4.74 Å². The maximum absolute atomic E-state index is 12.5. The van der Waals surface area contributed by atoms with Crippen molar-refractivity contribution in [3.05, 3.63) is 29.8 Å². The van der Waals surface area contributed by atoms with Crippen molar-refractivity contribution in [2.45, 2.75) is 24.3 Å². The number of ketones is 1. The molecule has 0 radical (unpaired) electrons. The Morgan fingerprint density at radius 3 is 2.89 bits per heavy atom. The smallest absolute Gasteiger partial charge is 0.177 e. The molecular formula is C14H18O2S2. The van der Waals surface area contributed by atoms with Crippen molar-refractivity contribution in [1.82, 2.24) is 0 Å². The van der Waals surface area contributed by atoms with Crippen molar-refractivity contribution in [2.24, 2.45) is 0 Å². The highest BCUT2D eigenvalue weighted by atomic mass is 32.2. The van der Waals surface area contributed by atoms with E-state index in [4.69, 9.17) is 4.74 Å². The third kappa shape index (κ3) is 3.23. The molecule has 18 heavy (non-hydrogen) atoms. The van der Waals surface area contributed by atoms with Crippen LogP contribution in [0, 0.1) is 0 Å². The topological polar surface area (TPSA) is 26.3 Å². The van der Waals surface area contributed by atoms with Crippen LogP contribution in [0.1, 0.15) is 24.2 Å². The van der Waals surface area contributed by atoms with Crippen LogP contribution in [0.2, 0.25) is 0 Å². The highest BCUT2D eigenvalue weighted by Gasteiger charge is 2.29. The first-order chi connectivity index (χ1) is 8.72.